The molecule has 1 aromatic heterocycles. The Hall–Kier alpha value is -2.01. The average Bonchev–Trinajstić information content (AvgIpc) is 2.77. The van der Waals surface area contributed by atoms with E-state index in [0.717, 1.165) is 5.69 Å². The van der Waals surface area contributed by atoms with Gasteiger partial charge in [-0.15, -0.1) is 0 Å². The number of nitrogen functional groups attached to an aromatic ring is 1. The standard InChI is InChI=1S/C13H15ClN4O/c1-9-4-6-18(17-9)7-5-13(19)16-12-8-10(14)2-3-11(12)15/h2-4,6,8H,5,7,15H2,1H3,(H,16,19). The van der Waals surface area contributed by atoms with Gasteiger partial charge in [-0.1, -0.05) is 11.6 Å². The predicted molar refractivity (Wildman–Crippen MR) is 76.1 cm³/mol. The fraction of sp³-hybridized carbons (Fsp3) is 0.231. The number of nitrogens with one attached hydrogen (secondary N) is 1. The van der Waals surface area contributed by atoms with E-state index in [4.69, 9.17) is 17.3 Å². The van der Waals surface area contributed by atoms with E-state index in [2.05, 4.69) is 10.4 Å². The summed E-state index contributed by atoms with van der Waals surface area (Å²) in [5, 5.41) is 7.49. The summed E-state index contributed by atoms with van der Waals surface area (Å²) in [7, 11) is 0. The van der Waals surface area contributed by atoms with Gasteiger partial charge in [0.1, 0.15) is 0 Å². The maximum absolute atomic E-state index is 11.8. The maximum atomic E-state index is 11.8. The minimum absolute atomic E-state index is 0.123. The van der Waals surface area contributed by atoms with E-state index < -0.39 is 0 Å². The van der Waals surface area contributed by atoms with Gasteiger partial charge in [0.15, 0.2) is 0 Å². The van der Waals surface area contributed by atoms with Crippen molar-refractivity contribution < 1.29 is 4.79 Å². The van der Waals surface area contributed by atoms with Crippen LogP contribution in [0.3, 0.4) is 0 Å². The van der Waals surface area contributed by atoms with Crippen LogP contribution in [-0.4, -0.2) is 15.7 Å². The molecule has 3 N–H and O–H groups in total. The number of amides is 1. The molecule has 0 saturated carbocycles. The highest BCUT2D eigenvalue weighted by Crippen LogP contribution is 2.22. The van der Waals surface area contributed by atoms with Crippen LogP contribution in [0.15, 0.2) is 30.5 Å². The summed E-state index contributed by atoms with van der Waals surface area (Å²) in [6, 6.07) is 6.87. The van der Waals surface area contributed by atoms with Crippen molar-refractivity contribution in [1.29, 1.82) is 0 Å². The van der Waals surface area contributed by atoms with Crippen molar-refractivity contribution in [1.82, 2.24) is 9.78 Å². The number of hydrogen-bond donors (Lipinski definition) is 2. The van der Waals surface area contributed by atoms with Crippen molar-refractivity contribution in [3.8, 4) is 0 Å². The van der Waals surface area contributed by atoms with E-state index >= 15 is 0 Å². The molecule has 0 aliphatic rings. The smallest absolute Gasteiger partial charge is 0.226 e. The minimum Gasteiger partial charge on any atom is -0.397 e. The van der Waals surface area contributed by atoms with E-state index in [1.807, 2.05) is 19.2 Å². The van der Waals surface area contributed by atoms with Gasteiger partial charge in [-0.05, 0) is 31.2 Å². The fourth-order valence-electron chi connectivity index (χ4n) is 1.65. The second kappa shape index (κ2) is 5.75. The van der Waals surface area contributed by atoms with Gasteiger partial charge in [0.05, 0.1) is 17.1 Å². The first-order valence-corrected chi connectivity index (χ1v) is 6.27. The lowest BCUT2D eigenvalue weighted by Gasteiger charge is -2.08. The minimum atomic E-state index is -0.123. The van der Waals surface area contributed by atoms with Gasteiger partial charge in [0.2, 0.25) is 5.91 Å². The molecule has 100 valence electrons. The molecule has 0 fully saturated rings. The highest BCUT2D eigenvalue weighted by atomic mass is 35.5. The molecular formula is C13H15ClN4O. The van der Waals surface area contributed by atoms with Crippen LogP contribution in [0.5, 0.6) is 0 Å². The van der Waals surface area contributed by atoms with Crippen LogP contribution in [0.4, 0.5) is 11.4 Å². The molecule has 1 amide bonds. The van der Waals surface area contributed by atoms with E-state index in [0.29, 0.717) is 29.4 Å². The second-order valence-corrected chi connectivity index (χ2v) is 4.69. The van der Waals surface area contributed by atoms with E-state index in [1.54, 1.807) is 22.9 Å². The molecule has 0 aliphatic carbocycles. The number of hydrogen-bond acceptors (Lipinski definition) is 3. The van der Waals surface area contributed by atoms with Crippen LogP contribution < -0.4 is 11.1 Å². The zero-order chi connectivity index (χ0) is 13.8. The summed E-state index contributed by atoms with van der Waals surface area (Å²) in [5.41, 5.74) is 7.72. The molecule has 0 radical (unpaired) electrons. The van der Waals surface area contributed by atoms with Crippen molar-refractivity contribution in [2.75, 3.05) is 11.1 Å². The average molecular weight is 279 g/mol. The Morgan fingerprint density at radius 3 is 2.95 bits per heavy atom. The highest BCUT2D eigenvalue weighted by molar-refractivity contribution is 6.31. The monoisotopic (exact) mass is 278 g/mol. The zero-order valence-corrected chi connectivity index (χ0v) is 11.3. The summed E-state index contributed by atoms with van der Waals surface area (Å²) in [6.45, 7) is 2.43. The zero-order valence-electron chi connectivity index (χ0n) is 10.6. The van der Waals surface area contributed by atoms with Crippen LogP contribution in [0.1, 0.15) is 12.1 Å². The number of nitrogens with zero attached hydrogens (tertiary/aromatic N) is 2. The molecule has 1 heterocycles. The summed E-state index contributed by atoms with van der Waals surface area (Å²) >= 11 is 5.86. The fourth-order valence-corrected chi connectivity index (χ4v) is 1.83. The third-order valence-corrected chi connectivity index (χ3v) is 2.87. The van der Waals surface area contributed by atoms with Gasteiger partial charge < -0.3 is 11.1 Å². The molecule has 2 rings (SSSR count). The third-order valence-electron chi connectivity index (χ3n) is 2.63. The largest absolute Gasteiger partial charge is 0.397 e. The molecule has 19 heavy (non-hydrogen) atoms. The van der Waals surface area contributed by atoms with Gasteiger partial charge in [0, 0.05) is 24.2 Å². The number of aromatic nitrogens is 2. The Balaban J connectivity index is 1.92. The van der Waals surface area contributed by atoms with Gasteiger partial charge >= 0.3 is 0 Å². The van der Waals surface area contributed by atoms with Gasteiger partial charge in [-0.3, -0.25) is 9.48 Å². The number of halogens is 1. The number of carbonyl (C=O) groups excluding carboxylic acids is 1. The summed E-state index contributed by atoms with van der Waals surface area (Å²) in [6.07, 6.45) is 2.17. The molecule has 0 aliphatic heterocycles. The molecule has 0 atom stereocenters. The first-order chi connectivity index (χ1) is 9.04. The van der Waals surface area contributed by atoms with Crippen LogP contribution in [0.2, 0.25) is 5.02 Å². The molecule has 5 nitrogen and oxygen atoms in total. The van der Waals surface area contributed by atoms with E-state index in [1.165, 1.54) is 0 Å². The number of carbonyl (C=O) groups is 1. The van der Waals surface area contributed by atoms with Crippen LogP contribution in [0.25, 0.3) is 0 Å². The number of benzene rings is 1. The molecule has 2 aromatic rings. The van der Waals surface area contributed by atoms with Gasteiger partial charge in [0.25, 0.3) is 0 Å². The quantitative estimate of drug-likeness (QED) is 0.844. The predicted octanol–water partition coefficient (Wildman–Crippen LogP) is 2.46. The van der Waals surface area contributed by atoms with Gasteiger partial charge in [-0.25, -0.2) is 0 Å². The Morgan fingerprint density at radius 1 is 1.47 bits per heavy atom. The second-order valence-electron chi connectivity index (χ2n) is 4.25. The van der Waals surface area contributed by atoms with Gasteiger partial charge in [-0.2, -0.15) is 5.10 Å². The van der Waals surface area contributed by atoms with Crippen LogP contribution >= 0.6 is 11.6 Å². The van der Waals surface area contributed by atoms with Crippen molar-refractivity contribution in [2.24, 2.45) is 0 Å². The Kier molecular flexibility index (Phi) is 4.06. The Labute approximate surface area is 116 Å². The molecular weight excluding hydrogens is 264 g/mol. The van der Waals surface area contributed by atoms with Crippen LogP contribution in [0, 0.1) is 6.92 Å². The Bertz CT molecular complexity index is 594. The highest BCUT2D eigenvalue weighted by Gasteiger charge is 2.06. The summed E-state index contributed by atoms with van der Waals surface area (Å²) < 4.78 is 1.73. The number of rotatable bonds is 4. The Morgan fingerprint density at radius 2 is 2.26 bits per heavy atom. The molecule has 1 aromatic carbocycles. The summed E-state index contributed by atoms with van der Waals surface area (Å²) in [5.74, 6) is -0.123. The van der Waals surface area contributed by atoms with Crippen molar-refractivity contribution in [2.45, 2.75) is 19.9 Å². The first-order valence-electron chi connectivity index (χ1n) is 5.89. The molecule has 0 unspecified atom stereocenters. The SMILES string of the molecule is Cc1ccn(CCC(=O)Nc2cc(Cl)ccc2N)n1. The lowest BCUT2D eigenvalue weighted by atomic mass is 10.2. The lowest BCUT2D eigenvalue weighted by Crippen LogP contribution is -2.15. The number of nitrogens with two attached hydrogens (primary N) is 1. The number of anilines is 2. The van der Waals surface area contributed by atoms with E-state index in [9.17, 15) is 4.79 Å². The molecule has 0 spiro atoms. The maximum Gasteiger partial charge on any atom is 0.226 e. The number of aryl methyl sites for hydroxylation is 2. The van der Waals surface area contributed by atoms with Crippen LogP contribution in [-0.2, 0) is 11.3 Å². The molecule has 6 heteroatoms. The topological polar surface area (TPSA) is 72.9 Å². The van der Waals surface area contributed by atoms with Crippen molar-refractivity contribution >= 4 is 28.9 Å². The van der Waals surface area contributed by atoms with Crippen molar-refractivity contribution in [3.05, 3.63) is 41.2 Å². The van der Waals surface area contributed by atoms with E-state index in [-0.39, 0.29) is 5.91 Å². The molecule has 0 saturated heterocycles. The van der Waals surface area contributed by atoms with Crippen molar-refractivity contribution in [3.63, 3.8) is 0 Å². The molecule has 0 bridgehead atoms. The first kappa shape index (κ1) is 13.4. The lowest BCUT2D eigenvalue weighted by molar-refractivity contribution is -0.116. The summed E-state index contributed by atoms with van der Waals surface area (Å²) in [4.78, 5) is 11.8. The third kappa shape index (κ3) is 3.72. The normalized spacial score (nSPS) is 10.4.